The molecule has 1 aromatic carbocycles. The monoisotopic (exact) mass is 362 g/mol. The van der Waals surface area contributed by atoms with Crippen molar-refractivity contribution < 1.29 is 9.21 Å². The van der Waals surface area contributed by atoms with Crippen molar-refractivity contribution in [3.8, 4) is 11.6 Å². The van der Waals surface area contributed by atoms with E-state index in [4.69, 9.17) is 27.6 Å². The molecule has 122 valence electrons. The summed E-state index contributed by atoms with van der Waals surface area (Å²) in [7, 11) is 0. The molecular formula is C16H12Cl2N4O2. The van der Waals surface area contributed by atoms with Crippen molar-refractivity contribution >= 4 is 29.1 Å². The third kappa shape index (κ3) is 3.90. The normalized spacial score (nSPS) is 10.6. The van der Waals surface area contributed by atoms with Gasteiger partial charge in [0.25, 0.3) is 11.8 Å². The van der Waals surface area contributed by atoms with Gasteiger partial charge in [-0.25, -0.2) is 0 Å². The Labute approximate surface area is 147 Å². The summed E-state index contributed by atoms with van der Waals surface area (Å²) in [5, 5.41) is 11.4. The predicted molar refractivity (Wildman–Crippen MR) is 90.0 cm³/mol. The molecule has 0 bridgehead atoms. The van der Waals surface area contributed by atoms with Crippen LogP contribution in [0.2, 0.25) is 10.0 Å². The molecule has 0 radical (unpaired) electrons. The maximum absolute atomic E-state index is 12.0. The van der Waals surface area contributed by atoms with E-state index < -0.39 is 0 Å². The minimum atomic E-state index is -0.252. The molecule has 8 heteroatoms. The second-order valence-corrected chi connectivity index (χ2v) is 5.67. The molecular weight excluding hydrogens is 351 g/mol. The second kappa shape index (κ2) is 7.42. The van der Waals surface area contributed by atoms with E-state index in [2.05, 4.69) is 20.5 Å². The van der Waals surface area contributed by atoms with Gasteiger partial charge in [0.2, 0.25) is 5.89 Å². The molecule has 2 aromatic heterocycles. The van der Waals surface area contributed by atoms with E-state index in [9.17, 15) is 4.79 Å². The second-order valence-electron chi connectivity index (χ2n) is 4.85. The van der Waals surface area contributed by atoms with Gasteiger partial charge in [-0.3, -0.25) is 9.78 Å². The summed E-state index contributed by atoms with van der Waals surface area (Å²) in [6.07, 6.45) is 2.06. The highest BCUT2D eigenvalue weighted by Crippen LogP contribution is 2.22. The molecule has 24 heavy (non-hydrogen) atoms. The maximum atomic E-state index is 12.0. The quantitative estimate of drug-likeness (QED) is 0.751. The van der Waals surface area contributed by atoms with Crippen molar-refractivity contribution in [1.29, 1.82) is 0 Å². The molecule has 0 aliphatic rings. The number of amides is 1. The third-order valence-electron chi connectivity index (χ3n) is 3.16. The fourth-order valence-corrected chi connectivity index (χ4v) is 2.27. The highest BCUT2D eigenvalue weighted by atomic mass is 35.5. The third-order valence-corrected chi connectivity index (χ3v) is 3.90. The van der Waals surface area contributed by atoms with Crippen molar-refractivity contribution in [1.82, 2.24) is 20.5 Å². The summed E-state index contributed by atoms with van der Waals surface area (Å²) in [6, 6.07) is 10.1. The Morgan fingerprint density at radius 3 is 2.75 bits per heavy atom. The minimum Gasteiger partial charge on any atom is -0.419 e. The summed E-state index contributed by atoms with van der Waals surface area (Å²) in [5.41, 5.74) is 1.04. The van der Waals surface area contributed by atoms with Gasteiger partial charge in [-0.05, 0) is 30.3 Å². The number of benzene rings is 1. The number of halogens is 2. The highest BCUT2D eigenvalue weighted by Gasteiger charge is 2.11. The van der Waals surface area contributed by atoms with Gasteiger partial charge in [-0.2, -0.15) is 0 Å². The van der Waals surface area contributed by atoms with Gasteiger partial charge in [0.1, 0.15) is 5.69 Å². The van der Waals surface area contributed by atoms with Crippen molar-refractivity contribution in [2.75, 3.05) is 6.54 Å². The summed E-state index contributed by atoms with van der Waals surface area (Å²) in [6.45, 7) is 0.350. The van der Waals surface area contributed by atoms with Crippen LogP contribution in [0.15, 0.2) is 47.0 Å². The van der Waals surface area contributed by atoms with Crippen molar-refractivity contribution in [2.45, 2.75) is 6.42 Å². The number of hydrogen-bond donors (Lipinski definition) is 1. The molecule has 2 heterocycles. The molecule has 0 spiro atoms. The average Bonchev–Trinajstić information content (AvgIpc) is 3.07. The van der Waals surface area contributed by atoms with Gasteiger partial charge in [-0.15, -0.1) is 10.2 Å². The molecule has 0 fully saturated rings. The standard InChI is InChI=1S/C16H12Cl2N4O2/c17-11-5-4-10(9-12(11)18)15(23)20-8-6-14-21-22-16(24-14)13-3-1-2-7-19-13/h1-5,7,9H,6,8H2,(H,20,23). The number of nitrogens with zero attached hydrogens (tertiary/aromatic N) is 3. The van der Waals surface area contributed by atoms with Crippen molar-refractivity contribution in [3.05, 3.63) is 64.1 Å². The highest BCUT2D eigenvalue weighted by molar-refractivity contribution is 6.42. The lowest BCUT2D eigenvalue weighted by Gasteiger charge is -2.04. The van der Waals surface area contributed by atoms with Crippen LogP contribution in [0.1, 0.15) is 16.2 Å². The van der Waals surface area contributed by atoms with Gasteiger partial charge >= 0.3 is 0 Å². The topological polar surface area (TPSA) is 80.9 Å². The first-order chi connectivity index (χ1) is 11.6. The molecule has 0 aliphatic carbocycles. The molecule has 0 saturated heterocycles. The zero-order valence-electron chi connectivity index (χ0n) is 12.4. The maximum Gasteiger partial charge on any atom is 0.266 e. The van der Waals surface area contributed by atoms with E-state index in [0.717, 1.165) is 0 Å². The molecule has 3 rings (SSSR count). The predicted octanol–water partition coefficient (Wildman–Crippen LogP) is 3.41. The summed E-state index contributed by atoms with van der Waals surface area (Å²) in [4.78, 5) is 16.2. The van der Waals surface area contributed by atoms with Crippen LogP contribution >= 0.6 is 23.2 Å². The lowest BCUT2D eigenvalue weighted by Crippen LogP contribution is -2.25. The SMILES string of the molecule is O=C(NCCc1nnc(-c2ccccn2)o1)c1ccc(Cl)c(Cl)c1. The molecule has 0 aliphatic heterocycles. The van der Waals surface area contributed by atoms with Crippen LogP contribution in [-0.2, 0) is 6.42 Å². The van der Waals surface area contributed by atoms with Crippen LogP contribution in [0.3, 0.4) is 0 Å². The van der Waals surface area contributed by atoms with Gasteiger partial charge in [0.05, 0.1) is 10.0 Å². The molecule has 0 atom stereocenters. The van der Waals surface area contributed by atoms with Crippen LogP contribution in [0.25, 0.3) is 11.6 Å². The Balaban J connectivity index is 1.56. The summed E-state index contributed by atoms with van der Waals surface area (Å²) in [5.74, 6) is 0.518. The zero-order valence-corrected chi connectivity index (χ0v) is 13.9. The molecule has 0 unspecified atom stereocenters. The van der Waals surface area contributed by atoms with Gasteiger partial charge in [-0.1, -0.05) is 29.3 Å². The number of nitrogens with one attached hydrogen (secondary N) is 1. The molecule has 3 aromatic rings. The van der Waals surface area contributed by atoms with Gasteiger partial charge in [0, 0.05) is 24.7 Å². The lowest BCUT2D eigenvalue weighted by atomic mass is 10.2. The number of hydrogen-bond acceptors (Lipinski definition) is 5. The average molecular weight is 363 g/mol. The van der Waals surface area contributed by atoms with E-state index in [1.807, 2.05) is 6.07 Å². The number of rotatable bonds is 5. The number of carbonyl (C=O) groups is 1. The Bertz CT molecular complexity index is 852. The van der Waals surface area contributed by atoms with Crippen LogP contribution in [-0.4, -0.2) is 27.6 Å². The van der Waals surface area contributed by atoms with E-state index in [1.165, 1.54) is 6.07 Å². The van der Waals surface area contributed by atoms with E-state index in [-0.39, 0.29) is 5.91 Å². The van der Waals surface area contributed by atoms with Gasteiger partial charge in [0.15, 0.2) is 0 Å². The van der Waals surface area contributed by atoms with Crippen molar-refractivity contribution in [2.24, 2.45) is 0 Å². The molecule has 0 saturated carbocycles. The fraction of sp³-hybridized carbons (Fsp3) is 0.125. The Hall–Kier alpha value is -2.44. The van der Waals surface area contributed by atoms with Crippen LogP contribution in [0.5, 0.6) is 0 Å². The van der Waals surface area contributed by atoms with Crippen LogP contribution in [0.4, 0.5) is 0 Å². The fourth-order valence-electron chi connectivity index (χ4n) is 1.97. The summed E-state index contributed by atoms with van der Waals surface area (Å²) >= 11 is 11.7. The number of pyridine rings is 1. The Morgan fingerprint density at radius 2 is 2.00 bits per heavy atom. The van der Waals surface area contributed by atoms with E-state index in [0.29, 0.717) is 46.0 Å². The number of aromatic nitrogens is 3. The smallest absolute Gasteiger partial charge is 0.266 e. The Kier molecular flexibility index (Phi) is 5.08. The molecule has 1 N–H and O–H groups in total. The first-order valence-electron chi connectivity index (χ1n) is 7.10. The van der Waals surface area contributed by atoms with Gasteiger partial charge < -0.3 is 9.73 Å². The van der Waals surface area contributed by atoms with Crippen LogP contribution in [0, 0.1) is 0 Å². The van der Waals surface area contributed by atoms with Crippen LogP contribution < -0.4 is 5.32 Å². The number of carbonyl (C=O) groups excluding carboxylic acids is 1. The van der Waals surface area contributed by atoms with E-state index in [1.54, 1.807) is 30.5 Å². The van der Waals surface area contributed by atoms with E-state index >= 15 is 0 Å². The Morgan fingerprint density at radius 1 is 1.12 bits per heavy atom. The molecule has 1 amide bonds. The zero-order chi connectivity index (χ0) is 16.9. The first kappa shape index (κ1) is 16.4. The largest absolute Gasteiger partial charge is 0.419 e. The molecule has 6 nitrogen and oxygen atoms in total. The summed E-state index contributed by atoms with van der Waals surface area (Å²) < 4.78 is 5.52. The lowest BCUT2D eigenvalue weighted by molar-refractivity contribution is 0.0953. The minimum absolute atomic E-state index is 0.252. The first-order valence-corrected chi connectivity index (χ1v) is 7.86. The van der Waals surface area contributed by atoms with Crippen molar-refractivity contribution in [3.63, 3.8) is 0 Å².